The van der Waals surface area contributed by atoms with Gasteiger partial charge in [-0.05, 0) is 12.6 Å². The number of hydrogen-bond donors (Lipinski definition) is 6. The number of nitrogen functional groups attached to an aromatic ring is 1. The molecule has 0 saturated carbocycles. The number of hydrogen-bond acceptors (Lipinski definition) is 17. The van der Waals surface area contributed by atoms with Gasteiger partial charge in [0, 0.05) is 0 Å². The Morgan fingerprint density at radius 1 is 1.00 bits per heavy atom. The Hall–Kier alpha value is -2.52. The van der Waals surface area contributed by atoms with Crippen LogP contribution < -0.4 is 22.3 Å². The molecule has 6 N–H and O–H groups in total. The number of nitrogens with two attached hydrogens (primary N) is 2. The molecule has 2 aromatic heterocycles. The average Bonchev–Trinajstić information content (AvgIpc) is 3.72. The van der Waals surface area contributed by atoms with Gasteiger partial charge in [0.1, 0.15) is 24.4 Å². The summed E-state index contributed by atoms with van der Waals surface area (Å²) in [6.07, 6.45) is -2.17. The predicted molar refractivity (Wildman–Crippen MR) is 170 cm³/mol. The lowest BCUT2D eigenvalue weighted by Gasteiger charge is -2.32. The number of rotatable bonds is 2. The first-order chi connectivity index (χ1) is 21.7. The summed E-state index contributed by atoms with van der Waals surface area (Å²) in [5, 5.41) is 2.38. The molecule has 18 nitrogen and oxygen atoms in total. The van der Waals surface area contributed by atoms with Gasteiger partial charge in [0.05, 0.1) is 25.9 Å². The number of alkyl halides is 2. The minimum atomic E-state index is -3.41. The van der Waals surface area contributed by atoms with Crippen molar-refractivity contribution in [1.29, 1.82) is 0 Å². The first-order valence-electron chi connectivity index (χ1n) is 13.6. The normalized spacial score (nSPS) is 42.9. The third-order valence-corrected chi connectivity index (χ3v) is 11.3. The van der Waals surface area contributed by atoms with Crippen molar-refractivity contribution in [2.75, 3.05) is 18.9 Å². The summed E-state index contributed by atoms with van der Waals surface area (Å²) >= 11 is 8.90. The third kappa shape index (κ3) is 5.67. The van der Waals surface area contributed by atoms with Crippen molar-refractivity contribution >= 4 is 85.5 Å². The molecule has 0 aliphatic carbocycles. The van der Waals surface area contributed by atoms with Crippen LogP contribution in [-0.4, -0.2) is 124 Å². The number of aliphatic imine (C=N–C) groups is 2. The first-order valence-corrected chi connectivity index (χ1v) is 19.5. The van der Waals surface area contributed by atoms with Crippen molar-refractivity contribution < 1.29 is 41.1 Å². The second kappa shape index (κ2) is 11.6. The molecule has 4 unspecified atom stereocenters. The van der Waals surface area contributed by atoms with Crippen LogP contribution in [0.2, 0.25) is 0 Å². The lowest BCUT2D eigenvalue weighted by molar-refractivity contribution is -0.123. The molecular weight excluding hydrogens is 696 g/mol. The molecule has 46 heavy (non-hydrogen) atoms. The van der Waals surface area contributed by atoms with Gasteiger partial charge in [-0.15, -0.1) is 0 Å². The van der Waals surface area contributed by atoms with E-state index < -0.39 is 86.0 Å². The summed E-state index contributed by atoms with van der Waals surface area (Å²) in [6.45, 7) is -7.55. The Morgan fingerprint density at radius 3 is 2.26 bits per heavy atom. The summed E-state index contributed by atoms with van der Waals surface area (Å²) in [5.74, 6) is -0.858. The molecule has 0 aromatic carbocycles. The van der Waals surface area contributed by atoms with Crippen molar-refractivity contribution in [3.05, 3.63) is 16.7 Å². The van der Waals surface area contributed by atoms with Crippen LogP contribution in [-0.2, 0) is 32.4 Å². The molecule has 1 amide bonds. The molecule has 3 fully saturated rings. The van der Waals surface area contributed by atoms with E-state index in [1.807, 2.05) is 0 Å². The quantitative estimate of drug-likeness (QED) is 0.171. The number of ether oxygens (including phenoxy) is 2. The van der Waals surface area contributed by atoms with Crippen molar-refractivity contribution in [2.24, 2.45) is 15.7 Å². The smallest absolute Gasteiger partial charge is 0.280 e. The predicted octanol–water partition coefficient (Wildman–Crippen LogP) is -0.451. The van der Waals surface area contributed by atoms with Gasteiger partial charge in [0.2, 0.25) is 5.95 Å². The number of aromatic nitrogens is 4. The van der Waals surface area contributed by atoms with Crippen molar-refractivity contribution in [3.63, 3.8) is 0 Å². The summed E-state index contributed by atoms with van der Waals surface area (Å²) in [7, 11) is 0. The van der Waals surface area contributed by atoms with Crippen LogP contribution in [0.4, 0.5) is 14.7 Å². The maximum Gasteiger partial charge on any atom is 0.280 e. The lowest BCUT2D eigenvalue weighted by Crippen LogP contribution is -2.56. The highest BCUT2D eigenvalue weighted by molar-refractivity contribution is 8.48. The molecule has 5 aliphatic rings. The van der Waals surface area contributed by atoms with E-state index in [-0.39, 0.29) is 36.3 Å². The molecule has 0 bridgehead atoms. The fourth-order valence-corrected chi connectivity index (χ4v) is 8.91. The highest BCUT2D eigenvalue weighted by atomic mass is 32.7. The summed E-state index contributed by atoms with van der Waals surface area (Å²) in [4.78, 5) is 44.6. The van der Waals surface area contributed by atoms with E-state index in [2.05, 4.69) is 67.3 Å². The molecule has 2 aromatic rings. The van der Waals surface area contributed by atoms with Crippen molar-refractivity contribution in [3.8, 4) is 0 Å². The van der Waals surface area contributed by atoms with Gasteiger partial charge >= 0.3 is 0 Å². The van der Waals surface area contributed by atoms with Crippen LogP contribution >= 0.6 is 37.6 Å². The summed E-state index contributed by atoms with van der Waals surface area (Å²) < 4.78 is 69.3. The number of anilines is 1. The van der Waals surface area contributed by atoms with Crippen molar-refractivity contribution in [2.45, 2.75) is 61.4 Å². The maximum atomic E-state index is 16.2. The standard InChI is InChI=1S/C22H28F2N10O8P2S2/c1-43(45)37-3-7-14(10(24)20(39-7)34-6-28-12-16(34)30-22(26)32-18(12)36)42-44(2,46)38-4-8-13(41-43)9(23)19(40-8)33-5-27-11-15(33)29-21(25)31-17(11)35/h5-11,13-15,19-20,45-46H,1-4H2,(H3,25,29,31,35)(H3,26,30,32,36)/t7-,8+,9-,10-,11?,13+,14-,15?,19+,20-,43?,44?/m1/s1. The number of carbonyl (C=O) groups is 1. The van der Waals surface area contributed by atoms with E-state index >= 15 is 8.78 Å². The van der Waals surface area contributed by atoms with Gasteiger partial charge in [0.15, 0.2) is 67.2 Å². The lowest BCUT2D eigenvalue weighted by atomic mass is 10.1. The second-order valence-electron chi connectivity index (χ2n) is 10.9. The number of halogens is 2. The van der Waals surface area contributed by atoms with Gasteiger partial charge < -0.3 is 43.9 Å². The maximum absolute atomic E-state index is 16.2. The van der Waals surface area contributed by atoms with E-state index in [0.717, 1.165) is 0 Å². The van der Waals surface area contributed by atoms with Crippen LogP contribution in [0.5, 0.6) is 0 Å². The zero-order chi connectivity index (χ0) is 32.7. The van der Waals surface area contributed by atoms with Gasteiger partial charge in [-0.2, -0.15) is 4.98 Å². The Bertz CT molecular complexity index is 1800. The van der Waals surface area contributed by atoms with E-state index in [9.17, 15) is 9.59 Å². The topological polar surface area (TPSA) is 228 Å². The molecule has 12 atom stereocenters. The van der Waals surface area contributed by atoms with E-state index in [0.29, 0.717) is 0 Å². The number of guanidine groups is 1. The van der Waals surface area contributed by atoms with Gasteiger partial charge in [-0.3, -0.25) is 29.4 Å². The molecule has 0 spiro atoms. The molecule has 250 valence electrons. The number of amides is 1. The number of carbonyl (C=O) groups excluding carboxylic acids is 1. The van der Waals surface area contributed by atoms with Crippen molar-refractivity contribution in [1.82, 2.24) is 29.7 Å². The molecular formula is C22H28F2N10O8P2S2. The number of H-pyrrole nitrogens is 1. The molecule has 3 saturated heterocycles. The monoisotopic (exact) mass is 724 g/mol. The van der Waals surface area contributed by atoms with Crippen LogP contribution in [0.1, 0.15) is 6.23 Å². The first kappa shape index (κ1) is 32.0. The van der Waals surface area contributed by atoms with Gasteiger partial charge in [0.25, 0.3) is 11.5 Å². The van der Waals surface area contributed by atoms with Crippen LogP contribution in [0.25, 0.3) is 11.2 Å². The minimum absolute atomic E-state index is 0.0217. The zero-order valence-corrected chi connectivity index (χ0v) is 27.0. The highest BCUT2D eigenvalue weighted by Gasteiger charge is 2.55. The Balaban J connectivity index is 1.14. The Morgan fingerprint density at radius 2 is 1.61 bits per heavy atom. The second-order valence-corrected chi connectivity index (χ2v) is 18.0. The molecule has 7 heterocycles. The van der Waals surface area contributed by atoms with Crippen LogP contribution in [0.3, 0.4) is 0 Å². The van der Waals surface area contributed by atoms with E-state index in [4.69, 9.17) is 39.0 Å². The molecule has 24 heteroatoms. The summed E-state index contributed by atoms with van der Waals surface area (Å²) in [6, 6.07) is -0.963. The third-order valence-electron chi connectivity index (χ3n) is 7.75. The Kier molecular flexibility index (Phi) is 8.06. The fourth-order valence-electron chi connectivity index (χ4n) is 5.71. The molecule has 7 rings (SSSR count). The minimum Gasteiger partial charge on any atom is -0.370 e. The van der Waals surface area contributed by atoms with E-state index in [1.165, 1.54) is 22.1 Å². The zero-order valence-electron chi connectivity index (χ0n) is 23.4. The number of thiol groups is 2. The molecule has 5 aliphatic heterocycles. The van der Waals surface area contributed by atoms with E-state index in [1.54, 1.807) is 0 Å². The molecule has 0 radical (unpaired) electrons. The number of nitrogens with one attached hydrogen (secondary N) is 2. The highest BCUT2D eigenvalue weighted by Crippen LogP contribution is 2.60. The Labute approximate surface area is 268 Å². The van der Waals surface area contributed by atoms with Crippen LogP contribution in [0.15, 0.2) is 21.1 Å². The SMILES string of the molecule is C=P1(S)OC[C@H]2O[C@@H](n3cnc4c(=O)[nH]c(N)nc43)[C@H](F)[C@@H]2OP(=C)(S)OC[C@@H]2O[C@H](N3C=NC4C(=O)NC(N)=NC43)[C@H](F)[C@H]2O1. The van der Waals surface area contributed by atoms with Gasteiger partial charge in [-0.25, -0.2) is 18.8 Å². The summed E-state index contributed by atoms with van der Waals surface area (Å²) in [5.41, 5.74) is 10.7. The average molecular weight is 725 g/mol. The number of nitrogens with zero attached hydrogens (tertiary/aromatic N) is 6. The number of fused-ring (bicyclic) bond motifs is 4. The van der Waals surface area contributed by atoms with Crippen LogP contribution in [0, 0.1) is 0 Å². The number of aromatic amines is 1. The fraction of sp³-hybridized carbons (Fsp3) is 0.545. The van der Waals surface area contributed by atoms with Gasteiger partial charge in [-0.1, -0.05) is 24.5 Å². The largest absolute Gasteiger partial charge is 0.370 e. The number of imidazole rings is 1.